The van der Waals surface area contributed by atoms with Crippen LogP contribution in [0.15, 0.2) is 61.2 Å². The molecule has 0 unspecified atom stereocenters. The number of rotatable bonds is 13. The molecule has 0 heterocycles. The largest absolute Gasteiger partial charge is 0.494 e. The van der Waals surface area contributed by atoms with Crippen molar-refractivity contribution in [1.29, 1.82) is 0 Å². The Morgan fingerprint density at radius 2 is 1.52 bits per heavy atom. The first kappa shape index (κ1) is 24.4. The molecule has 5 nitrogen and oxygen atoms in total. The predicted octanol–water partition coefficient (Wildman–Crippen LogP) is 5.22. The lowest BCUT2D eigenvalue weighted by Gasteiger charge is -2.18. The number of unbranched alkanes of at least 4 members (excludes halogenated alkanes) is 3. The number of carbonyl (C=O) groups is 2. The zero-order valence-corrected chi connectivity index (χ0v) is 19.0. The Labute approximate surface area is 186 Å². The molecule has 0 spiro atoms. The van der Waals surface area contributed by atoms with Gasteiger partial charge >= 0.3 is 0 Å². The second-order valence-electron chi connectivity index (χ2n) is 7.81. The minimum atomic E-state index is -0.123. The van der Waals surface area contributed by atoms with E-state index in [1.165, 1.54) is 19.8 Å². The summed E-state index contributed by atoms with van der Waals surface area (Å²) in [5.41, 5.74) is 1.93. The first-order valence-corrected chi connectivity index (χ1v) is 10.8. The molecule has 2 aromatic carbocycles. The summed E-state index contributed by atoms with van der Waals surface area (Å²) in [6, 6.07) is 14.3. The second-order valence-corrected chi connectivity index (χ2v) is 7.81. The van der Waals surface area contributed by atoms with Crippen molar-refractivity contribution in [3.05, 3.63) is 72.3 Å². The second kappa shape index (κ2) is 12.7. The fourth-order valence-electron chi connectivity index (χ4n) is 3.26. The highest BCUT2D eigenvalue weighted by atomic mass is 16.5. The zero-order chi connectivity index (χ0) is 22.6. The summed E-state index contributed by atoms with van der Waals surface area (Å²) in [7, 11) is 3.85. The minimum absolute atomic E-state index is 0.0148. The molecule has 0 atom stereocenters. The highest BCUT2D eigenvalue weighted by Crippen LogP contribution is 2.21. The van der Waals surface area contributed by atoms with E-state index in [0.717, 1.165) is 37.4 Å². The minimum Gasteiger partial charge on any atom is -0.494 e. The van der Waals surface area contributed by atoms with E-state index in [0.29, 0.717) is 17.7 Å². The number of hydrogen-bond acceptors (Lipinski definition) is 4. The molecule has 2 rings (SSSR count). The number of benzene rings is 2. The van der Waals surface area contributed by atoms with E-state index in [4.69, 9.17) is 4.74 Å². The molecule has 5 heteroatoms. The van der Waals surface area contributed by atoms with Crippen LogP contribution in [0.4, 0.5) is 5.69 Å². The smallest absolute Gasteiger partial charge is 0.258 e. The Hall–Kier alpha value is -2.92. The van der Waals surface area contributed by atoms with Crippen LogP contribution in [0.2, 0.25) is 0 Å². The number of hydrogen-bond donors (Lipinski definition) is 0. The molecule has 1 amide bonds. The van der Waals surface area contributed by atoms with Gasteiger partial charge in [0, 0.05) is 30.4 Å². The molecular formula is C26H34N2O3. The summed E-state index contributed by atoms with van der Waals surface area (Å²) < 4.78 is 5.83. The molecule has 0 aliphatic rings. The average Bonchev–Trinajstić information content (AvgIpc) is 2.78. The quantitative estimate of drug-likeness (QED) is 0.252. The van der Waals surface area contributed by atoms with Gasteiger partial charge in [-0.1, -0.05) is 31.1 Å². The molecule has 0 aromatic heterocycles. The number of likely N-dealkylation sites (N-methyl/N-ethyl adjacent to an activating group) is 1. The van der Waals surface area contributed by atoms with E-state index in [9.17, 15) is 9.59 Å². The van der Waals surface area contributed by atoms with Crippen LogP contribution in [-0.4, -0.2) is 50.4 Å². The molecule has 0 fully saturated rings. The number of Topliss-reactive ketones (excluding diaryl/α,β-unsaturated/α-hetero) is 1. The molecule has 31 heavy (non-hydrogen) atoms. The van der Waals surface area contributed by atoms with Gasteiger partial charge in [0.15, 0.2) is 5.78 Å². The van der Waals surface area contributed by atoms with Crippen LogP contribution in [0.25, 0.3) is 0 Å². The van der Waals surface area contributed by atoms with Crippen molar-refractivity contribution in [1.82, 2.24) is 4.90 Å². The van der Waals surface area contributed by atoms with Crippen molar-refractivity contribution in [2.75, 3.05) is 38.7 Å². The van der Waals surface area contributed by atoms with Crippen molar-refractivity contribution in [2.24, 2.45) is 0 Å². The normalized spacial score (nSPS) is 10.7. The summed E-state index contributed by atoms with van der Waals surface area (Å²) in [4.78, 5) is 27.9. The van der Waals surface area contributed by atoms with Gasteiger partial charge in [0.1, 0.15) is 5.75 Å². The summed E-state index contributed by atoms with van der Waals surface area (Å²) in [5.74, 6) is 0.669. The van der Waals surface area contributed by atoms with E-state index in [1.54, 1.807) is 36.2 Å². The van der Waals surface area contributed by atoms with Gasteiger partial charge < -0.3 is 14.5 Å². The third kappa shape index (κ3) is 8.02. The van der Waals surface area contributed by atoms with Gasteiger partial charge in [0.05, 0.1) is 6.61 Å². The van der Waals surface area contributed by atoms with Gasteiger partial charge in [-0.15, -0.1) is 6.58 Å². The Morgan fingerprint density at radius 3 is 2.13 bits per heavy atom. The van der Waals surface area contributed by atoms with Crippen molar-refractivity contribution < 1.29 is 14.3 Å². The molecule has 2 aromatic rings. The average molecular weight is 423 g/mol. The first-order chi connectivity index (χ1) is 14.9. The van der Waals surface area contributed by atoms with Gasteiger partial charge in [-0.25, -0.2) is 0 Å². The van der Waals surface area contributed by atoms with E-state index in [1.807, 2.05) is 30.3 Å². The summed E-state index contributed by atoms with van der Waals surface area (Å²) >= 11 is 0. The Balaban J connectivity index is 1.74. The number of carbonyl (C=O) groups excluding carboxylic acids is 2. The van der Waals surface area contributed by atoms with Crippen LogP contribution >= 0.6 is 0 Å². The van der Waals surface area contributed by atoms with Crippen LogP contribution in [0.1, 0.15) is 53.3 Å². The Morgan fingerprint density at radius 1 is 0.903 bits per heavy atom. The van der Waals surface area contributed by atoms with E-state index < -0.39 is 0 Å². The van der Waals surface area contributed by atoms with Crippen LogP contribution in [0.5, 0.6) is 5.75 Å². The van der Waals surface area contributed by atoms with Crippen molar-refractivity contribution in [3.8, 4) is 5.75 Å². The van der Waals surface area contributed by atoms with Gasteiger partial charge in [-0.3, -0.25) is 9.59 Å². The predicted molar refractivity (Wildman–Crippen MR) is 127 cm³/mol. The molecule has 0 aliphatic carbocycles. The molecule has 0 aliphatic heterocycles. The molecular weight excluding hydrogens is 388 g/mol. The summed E-state index contributed by atoms with van der Waals surface area (Å²) in [6.07, 6.45) is 6.50. The Bertz CT molecular complexity index is 844. The number of nitrogens with zero attached hydrogens (tertiary/aromatic N) is 2. The third-order valence-electron chi connectivity index (χ3n) is 5.21. The van der Waals surface area contributed by atoms with Crippen molar-refractivity contribution in [3.63, 3.8) is 0 Å². The fourth-order valence-corrected chi connectivity index (χ4v) is 3.26. The van der Waals surface area contributed by atoms with Crippen LogP contribution in [0, 0.1) is 0 Å². The maximum absolute atomic E-state index is 12.7. The first-order valence-electron chi connectivity index (χ1n) is 10.8. The lowest BCUT2D eigenvalue weighted by molar-refractivity contribution is 0.0988. The maximum atomic E-state index is 12.7. The number of ketones is 1. The lowest BCUT2D eigenvalue weighted by atomic mass is 10.1. The number of amides is 1. The van der Waals surface area contributed by atoms with Crippen LogP contribution in [-0.2, 0) is 0 Å². The van der Waals surface area contributed by atoms with Gasteiger partial charge in [-0.05, 0) is 69.8 Å². The fraction of sp³-hybridized carbons (Fsp3) is 0.385. The van der Waals surface area contributed by atoms with E-state index >= 15 is 0 Å². The molecule has 0 saturated heterocycles. The number of anilines is 1. The van der Waals surface area contributed by atoms with Crippen LogP contribution < -0.4 is 9.64 Å². The molecule has 166 valence electrons. The molecule has 0 radical (unpaired) electrons. The standard InChI is InChI=1S/C26H34N2O3/c1-5-18-27(3)19-8-6-7-9-20-31-25-16-14-24(15-17-25)28(4)26(30)23-12-10-22(11-13-23)21(2)29/h5,10-17H,1,6-9,18-20H2,2-4H3. The SMILES string of the molecule is C=CCN(C)CCCCCCOc1ccc(N(C)C(=O)c2ccc(C(C)=O)cc2)cc1. The third-order valence-corrected chi connectivity index (χ3v) is 5.21. The zero-order valence-electron chi connectivity index (χ0n) is 19.0. The maximum Gasteiger partial charge on any atom is 0.258 e. The molecule has 0 bridgehead atoms. The summed E-state index contributed by atoms with van der Waals surface area (Å²) in [5, 5.41) is 0. The highest BCUT2D eigenvalue weighted by Gasteiger charge is 2.14. The van der Waals surface area contributed by atoms with Gasteiger partial charge in [0.2, 0.25) is 0 Å². The number of ether oxygens (including phenoxy) is 1. The van der Waals surface area contributed by atoms with Gasteiger partial charge in [-0.2, -0.15) is 0 Å². The van der Waals surface area contributed by atoms with E-state index in [2.05, 4.69) is 18.5 Å². The molecule has 0 N–H and O–H groups in total. The topological polar surface area (TPSA) is 49.9 Å². The van der Waals surface area contributed by atoms with Gasteiger partial charge in [0.25, 0.3) is 5.91 Å². The van der Waals surface area contributed by atoms with Crippen molar-refractivity contribution in [2.45, 2.75) is 32.6 Å². The highest BCUT2D eigenvalue weighted by molar-refractivity contribution is 6.06. The van der Waals surface area contributed by atoms with E-state index in [-0.39, 0.29) is 11.7 Å². The monoisotopic (exact) mass is 422 g/mol. The van der Waals surface area contributed by atoms with Crippen LogP contribution in [0.3, 0.4) is 0 Å². The molecule has 0 saturated carbocycles. The summed E-state index contributed by atoms with van der Waals surface area (Å²) in [6.45, 7) is 8.00. The lowest BCUT2D eigenvalue weighted by Crippen LogP contribution is -2.26. The van der Waals surface area contributed by atoms with Crippen molar-refractivity contribution >= 4 is 17.4 Å². The Kier molecular flexibility index (Phi) is 9.98.